The summed E-state index contributed by atoms with van der Waals surface area (Å²) in [6.07, 6.45) is 2.30. The molecule has 7 nitrogen and oxygen atoms in total. The average Bonchev–Trinajstić information content (AvgIpc) is 3.56. The zero-order valence-electron chi connectivity index (χ0n) is 18.3. The number of likely N-dealkylation sites (tertiary alicyclic amines) is 1. The number of thioether (sulfide) groups is 1. The van der Waals surface area contributed by atoms with Crippen molar-refractivity contribution in [2.24, 2.45) is 0 Å². The number of nitrogens with one attached hydrogen (secondary N) is 1. The van der Waals surface area contributed by atoms with Crippen LogP contribution >= 0.6 is 11.8 Å². The normalized spacial score (nSPS) is 20.4. The highest BCUT2D eigenvalue weighted by atomic mass is 32.2. The third-order valence-electron chi connectivity index (χ3n) is 6.27. The fourth-order valence-electron chi connectivity index (χ4n) is 4.51. The minimum atomic E-state index is -0.418. The molecule has 2 fully saturated rings. The molecule has 2 aliphatic heterocycles. The molecule has 3 aromatic rings. The van der Waals surface area contributed by atoms with Crippen LogP contribution in [0.3, 0.4) is 0 Å². The number of Topliss-reactive ketones (excluding diaryl/α,β-unsaturated/α-hetero) is 1. The van der Waals surface area contributed by atoms with Gasteiger partial charge in [0.05, 0.1) is 17.1 Å². The Bertz CT molecular complexity index is 1240. The molecule has 2 saturated heterocycles. The molecular weight excluding hydrogens is 436 g/mol. The minimum Gasteiger partial charge on any atom is -0.341 e. The lowest BCUT2D eigenvalue weighted by Gasteiger charge is -2.20. The Morgan fingerprint density at radius 2 is 1.76 bits per heavy atom. The van der Waals surface area contributed by atoms with Gasteiger partial charge in [0.1, 0.15) is 11.1 Å². The van der Waals surface area contributed by atoms with Crippen molar-refractivity contribution in [1.82, 2.24) is 19.8 Å². The lowest BCUT2D eigenvalue weighted by Crippen LogP contribution is -2.46. The first-order valence-electron chi connectivity index (χ1n) is 11.4. The van der Waals surface area contributed by atoms with E-state index in [1.165, 1.54) is 11.8 Å². The monoisotopic (exact) mass is 462 g/mol. The highest BCUT2D eigenvalue weighted by Crippen LogP contribution is 2.24. The fraction of sp³-hybridized carbons (Fsp3) is 0.360. The molecule has 0 aliphatic carbocycles. The summed E-state index contributed by atoms with van der Waals surface area (Å²) in [5, 5.41) is 2.80. The van der Waals surface area contributed by atoms with Gasteiger partial charge in [0.15, 0.2) is 5.78 Å². The van der Waals surface area contributed by atoms with Crippen LogP contribution in [-0.4, -0.2) is 56.4 Å². The van der Waals surface area contributed by atoms with Crippen LogP contribution in [0.2, 0.25) is 0 Å². The maximum atomic E-state index is 13.3. The second kappa shape index (κ2) is 9.49. The first kappa shape index (κ1) is 21.9. The number of nitrogens with zero attached hydrogens (tertiary/aromatic N) is 3. The number of hydrogen-bond donors (Lipinski definition) is 1. The smallest absolute Gasteiger partial charge is 0.277 e. The zero-order chi connectivity index (χ0) is 22.8. The van der Waals surface area contributed by atoms with Crippen LogP contribution in [0.25, 0.3) is 22.3 Å². The molecule has 0 bridgehead atoms. The van der Waals surface area contributed by atoms with Gasteiger partial charge in [0.2, 0.25) is 5.91 Å². The molecule has 170 valence electrons. The van der Waals surface area contributed by atoms with E-state index in [9.17, 15) is 14.4 Å². The number of aromatic nitrogens is 2. The number of hydrogen-bond acceptors (Lipinski definition) is 6. The molecule has 1 N–H and O–H groups in total. The van der Waals surface area contributed by atoms with Crippen molar-refractivity contribution in [1.29, 1.82) is 0 Å². The zero-order valence-corrected chi connectivity index (χ0v) is 19.1. The van der Waals surface area contributed by atoms with Crippen LogP contribution in [0.5, 0.6) is 0 Å². The molecule has 2 aromatic carbocycles. The molecule has 0 radical (unpaired) electrons. The maximum absolute atomic E-state index is 13.3. The average molecular weight is 463 g/mol. The van der Waals surface area contributed by atoms with Crippen molar-refractivity contribution < 1.29 is 9.59 Å². The standard InChI is InChI=1S/C25H26N4O3S/c30-21(23-27-19(16-33-23)24(31)28-13-6-7-14-28)12-15-29-20-11-5-4-10-18(20)26-22(25(29)32)17-8-2-1-3-9-17/h1-5,8-11,19,23,27H,6-7,12-16H2. The maximum Gasteiger partial charge on any atom is 0.277 e. The number of carbonyl (C=O) groups excluding carboxylic acids is 2. The number of ketones is 1. The van der Waals surface area contributed by atoms with Gasteiger partial charge >= 0.3 is 0 Å². The molecule has 2 atom stereocenters. The molecule has 0 spiro atoms. The predicted octanol–water partition coefficient (Wildman–Crippen LogP) is 2.68. The van der Waals surface area contributed by atoms with E-state index in [2.05, 4.69) is 10.3 Å². The Balaban J connectivity index is 1.33. The van der Waals surface area contributed by atoms with Crippen molar-refractivity contribution in [3.8, 4) is 11.3 Å². The largest absolute Gasteiger partial charge is 0.341 e. The molecule has 2 unspecified atom stereocenters. The van der Waals surface area contributed by atoms with Gasteiger partial charge in [-0.2, -0.15) is 0 Å². The van der Waals surface area contributed by atoms with Crippen LogP contribution in [0, 0.1) is 0 Å². The van der Waals surface area contributed by atoms with Gasteiger partial charge in [-0.15, -0.1) is 11.8 Å². The Morgan fingerprint density at radius 1 is 1.03 bits per heavy atom. The molecule has 1 aromatic heterocycles. The summed E-state index contributed by atoms with van der Waals surface area (Å²) < 4.78 is 1.65. The number of para-hydroxylation sites is 2. The molecule has 5 rings (SSSR count). The molecule has 0 saturated carbocycles. The van der Waals surface area contributed by atoms with Crippen LogP contribution in [-0.2, 0) is 16.1 Å². The number of amides is 1. The van der Waals surface area contributed by atoms with E-state index < -0.39 is 5.37 Å². The van der Waals surface area contributed by atoms with Gasteiger partial charge < -0.3 is 9.47 Å². The van der Waals surface area contributed by atoms with Crippen LogP contribution < -0.4 is 10.9 Å². The molecule has 33 heavy (non-hydrogen) atoms. The van der Waals surface area contributed by atoms with Crippen LogP contribution in [0.1, 0.15) is 19.3 Å². The number of fused-ring (bicyclic) bond motifs is 1. The molecule has 3 heterocycles. The summed E-state index contributed by atoms with van der Waals surface area (Å²) in [5.41, 5.74) is 2.36. The third-order valence-corrected chi connectivity index (χ3v) is 7.53. The second-order valence-electron chi connectivity index (χ2n) is 8.45. The molecule has 1 amide bonds. The Hall–Kier alpha value is -2.97. The highest BCUT2D eigenvalue weighted by Gasteiger charge is 2.36. The third kappa shape index (κ3) is 4.45. The van der Waals surface area contributed by atoms with Crippen molar-refractivity contribution in [3.63, 3.8) is 0 Å². The van der Waals surface area contributed by atoms with E-state index in [0.717, 1.165) is 31.5 Å². The van der Waals surface area contributed by atoms with Gasteiger partial charge in [-0.3, -0.25) is 19.7 Å². The number of rotatable bonds is 6. The number of aryl methyl sites for hydroxylation is 1. The summed E-state index contributed by atoms with van der Waals surface area (Å²) in [5.74, 6) is 0.701. The topological polar surface area (TPSA) is 84.3 Å². The Morgan fingerprint density at radius 3 is 2.55 bits per heavy atom. The van der Waals surface area contributed by atoms with E-state index in [4.69, 9.17) is 0 Å². The summed E-state index contributed by atoms with van der Waals surface area (Å²) in [6, 6.07) is 16.6. The summed E-state index contributed by atoms with van der Waals surface area (Å²) >= 11 is 1.48. The first-order valence-corrected chi connectivity index (χ1v) is 12.4. The Kier molecular flexibility index (Phi) is 6.28. The predicted molar refractivity (Wildman–Crippen MR) is 130 cm³/mol. The fourth-order valence-corrected chi connectivity index (χ4v) is 5.70. The number of carbonyl (C=O) groups is 2. The van der Waals surface area contributed by atoms with E-state index in [1.807, 2.05) is 59.5 Å². The summed E-state index contributed by atoms with van der Waals surface area (Å²) in [7, 11) is 0. The van der Waals surface area contributed by atoms with E-state index in [-0.39, 0.29) is 36.3 Å². The summed E-state index contributed by atoms with van der Waals surface area (Å²) in [6.45, 7) is 1.88. The lowest BCUT2D eigenvalue weighted by molar-refractivity contribution is -0.131. The van der Waals surface area contributed by atoms with Gasteiger partial charge in [0, 0.05) is 37.4 Å². The van der Waals surface area contributed by atoms with Crippen LogP contribution in [0.15, 0.2) is 59.4 Å². The summed E-state index contributed by atoms with van der Waals surface area (Å²) in [4.78, 5) is 45.4. The second-order valence-corrected chi connectivity index (χ2v) is 9.59. The lowest BCUT2D eigenvalue weighted by atomic mass is 10.1. The van der Waals surface area contributed by atoms with Crippen molar-refractivity contribution in [3.05, 3.63) is 65.0 Å². The van der Waals surface area contributed by atoms with Gasteiger partial charge in [-0.25, -0.2) is 4.98 Å². The van der Waals surface area contributed by atoms with Crippen LogP contribution in [0.4, 0.5) is 0 Å². The minimum absolute atomic E-state index is 0.00535. The van der Waals surface area contributed by atoms with E-state index >= 15 is 0 Å². The highest BCUT2D eigenvalue weighted by molar-refractivity contribution is 8.00. The SMILES string of the molecule is O=C(CCn1c(=O)c(-c2ccccc2)nc2ccccc21)C1NC(C(=O)N2CCCC2)CS1. The van der Waals surface area contributed by atoms with Crippen molar-refractivity contribution >= 4 is 34.5 Å². The molecule has 8 heteroatoms. The van der Waals surface area contributed by atoms with Gasteiger partial charge in [-0.1, -0.05) is 42.5 Å². The van der Waals surface area contributed by atoms with Gasteiger partial charge in [-0.05, 0) is 25.0 Å². The Labute approximate surface area is 196 Å². The van der Waals surface area contributed by atoms with E-state index in [1.54, 1.807) is 4.57 Å². The molecular formula is C25H26N4O3S. The van der Waals surface area contributed by atoms with Crippen molar-refractivity contribution in [2.45, 2.75) is 37.2 Å². The quantitative estimate of drug-likeness (QED) is 0.606. The number of benzene rings is 2. The van der Waals surface area contributed by atoms with Crippen molar-refractivity contribution in [2.75, 3.05) is 18.8 Å². The van der Waals surface area contributed by atoms with E-state index in [0.29, 0.717) is 22.5 Å². The molecule has 2 aliphatic rings. The first-order chi connectivity index (χ1) is 16.1. The van der Waals surface area contributed by atoms with Gasteiger partial charge in [0.25, 0.3) is 5.56 Å².